The number of amides is 1. The number of hydrogen-bond acceptors (Lipinski definition) is 5. The second-order valence-electron chi connectivity index (χ2n) is 6.38. The van der Waals surface area contributed by atoms with Gasteiger partial charge in [0.05, 0.1) is 30.5 Å². The quantitative estimate of drug-likeness (QED) is 0.834. The Morgan fingerprint density at radius 2 is 2.00 bits per heavy atom. The summed E-state index contributed by atoms with van der Waals surface area (Å²) in [6.07, 6.45) is 0.950. The Morgan fingerprint density at radius 1 is 1.19 bits per heavy atom. The summed E-state index contributed by atoms with van der Waals surface area (Å²) < 4.78 is 4.84. The van der Waals surface area contributed by atoms with Crippen LogP contribution < -0.4 is 15.5 Å². The van der Waals surface area contributed by atoms with Gasteiger partial charge in [0.25, 0.3) is 0 Å². The third-order valence-electron chi connectivity index (χ3n) is 4.74. The molecule has 4 rings (SSSR count). The predicted octanol–water partition coefficient (Wildman–Crippen LogP) is 2.91. The van der Waals surface area contributed by atoms with Gasteiger partial charge in [0.1, 0.15) is 5.82 Å². The van der Waals surface area contributed by atoms with E-state index in [1.807, 2.05) is 24.3 Å². The van der Waals surface area contributed by atoms with E-state index < -0.39 is 0 Å². The summed E-state index contributed by atoms with van der Waals surface area (Å²) in [7, 11) is 1.37. The molecular weight excluding hydrogens is 330 g/mol. The first-order valence-corrected chi connectivity index (χ1v) is 8.43. The lowest BCUT2D eigenvalue weighted by molar-refractivity contribution is -0.117. The largest absolute Gasteiger partial charge is 0.465 e. The summed E-state index contributed by atoms with van der Waals surface area (Å²) in [6.45, 7) is 4.41. The summed E-state index contributed by atoms with van der Waals surface area (Å²) in [6, 6.07) is 11.2. The molecule has 6 nitrogen and oxygen atoms in total. The van der Waals surface area contributed by atoms with Gasteiger partial charge in [-0.2, -0.15) is 0 Å². The van der Waals surface area contributed by atoms with E-state index in [2.05, 4.69) is 17.2 Å². The maximum absolute atomic E-state index is 12.8. The molecule has 2 aromatic rings. The van der Waals surface area contributed by atoms with Crippen LogP contribution in [-0.2, 0) is 22.4 Å². The van der Waals surface area contributed by atoms with E-state index in [-0.39, 0.29) is 11.9 Å². The fraction of sp³-hybridized carbons (Fsp3) is 0.200. The van der Waals surface area contributed by atoms with Gasteiger partial charge in [-0.15, -0.1) is 0 Å². The van der Waals surface area contributed by atoms with Crippen LogP contribution in [0.15, 0.2) is 48.8 Å². The number of fused-ring (bicyclic) bond motifs is 2. The maximum atomic E-state index is 12.8. The molecule has 0 aliphatic carbocycles. The summed E-state index contributed by atoms with van der Waals surface area (Å²) >= 11 is 0. The van der Waals surface area contributed by atoms with E-state index in [4.69, 9.17) is 4.74 Å². The molecule has 0 bridgehead atoms. The van der Waals surface area contributed by atoms with E-state index in [1.54, 1.807) is 17.0 Å². The molecule has 2 aromatic carbocycles. The molecule has 0 unspecified atom stereocenters. The molecule has 2 heterocycles. The third kappa shape index (κ3) is 2.69. The van der Waals surface area contributed by atoms with Gasteiger partial charge in [-0.3, -0.25) is 4.79 Å². The minimum Gasteiger partial charge on any atom is -0.465 e. The molecule has 0 saturated carbocycles. The lowest BCUT2D eigenvalue weighted by Gasteiger charge is -2.18. The van der Waals surface area contributed by atoms with Gasteiger partial charge >= 0.3 is 5.97 Å². The molecule has 132 valence electrons. The van der Waals surface area contributed by atoms with Crippen LogP contribution in [0.3, 0.4) is 0 Å². The molecule has 2 aliphatic rings. The van der Waals surface area contributed by atoms with Crippen molar-refractivity contribution in [1.82, 2.24) is 0 Å². The van der Waals surface area contributed by atoms with Gasteiger partial charge in [0.15, 0.2) is 0 Å². The number of nitrogens with one attached hydrogen (secondary N) is 2. The van der Waals surface area contributed by atoms with Crippen LogP contribution >= 0.6 is 0 Å². The predicted molar refractivity (Wildman–Crippen MR) is 100 cm³/mol. The Hall–Kier alpha value is -3.28. The first-order chi connectivity index (χ1) is 12.6. The molecule has 0 atom stereocenters. The number of methoxy groups -OCH3 is 1. The molecular formula is C20H19N3O3. The van der Waals surface area contributed by atoms with Crippen LogP contribution in [0.2, 0.25) is 0 Å². The highest BCUT2D eigenvalue weighted by Crippen LogP contribution is 2.33. The number of benzene rings is 2. The Labute approximate surface area is 151 Å². The molecule has 2 N–H and O–H groups in total. The van der Waals surface area contributed by atoms with Gasteiger partial charge in [0.2, 0.25) is 5.91 Å². The number of hydrogen-bond donors (Lipinski definition) is 2. The summed E-state index contributed by atoms with van der Waals surface area (Å²) in [5.41, 5.74) is 5.02. The molecule has 0 saturated heterocycles. The second kappa shape index (κ2) is 6.22. The highest BCUT2D eigenvalue weighted by atomic mass is 16.5. The maximum Gasteiger partial charge on any atom is 0.338 e. The minimum absolute atomic E-state index is 0.00972. The standard InChI is InChI=1S/C20H19N3O3/c1-12-21-16-7-6-13(10-17(16)22-12)11-19(24)23-9-8-14-15(20(25)26-2)4-3-5-18(14)23/h3-7,10,21-22H,1,8-9,11H2,2H3. The van der Waals surface area contributed by atoms with Crippen molar-refractivity contribution in [2.45, 2.75) is 12.8 Å². The first-order valence-electron chi connectivity index (χ1n) is 8.43. The van der Waals surface area contributed by atoms with Crippen LogP contribution in [0.25, 0.3) is 0 Å². The molecule has 6 heteroatoms. The zero-order valence-electron chi connectivity index (χ0n) is 14.5. The van der Waals surface area contributed by atoms with E-state index in [0.717, 1.165) is 34.0 Å². The SMILES string of the molecule is C=C1Nc2ccc(CC(=O)N3CCc4c(C(=O)OC)cccc43)cc2N1. The fourth-order valence-electron chi connectivity index (χ4n) is 3.53. The lowest BCUT2D eigenvalue weighted by atomic mass is 10.0. The average Bonchev–Trinajstić information content (AvgIpc) is 3.22. The zero-order chi connectivity index (χ0) is 18.3. The third-order valence-corrected chi connectivity index (χ3v) is 4.74. The van der Waals surface area contributed by atoms with E-state index in [0.29, 0.717) is 24.9 Å². The highest BCUT2D eigenvalue weighted by molar-refractivity contribution is 6.00. The van der Waals surface area contributed by atoms with Crippen LogP contribution in [0.4, 0.5) is 17.1 Å². The summed E-state index contributed by atoms with van der Waals surface area (Å²) in [5.74, 6) is 0.372. The normalized spacial score (nSPS) is 14.3. The van der Waals surface area contributed by atoms with E-state index in [1.165, 1.54) is 7.11 Å². The highest BCUT2D eigenvalue weighted by Gasteiger charge is 2.28. The minimum atomic E-state index is -0.367. The van der Waals surface area contributed by atoms with E-state index >= 15 is 0 Å². The van der Waals surface area contributed by atoms with Crippen molar-refractivity contribution in [3.63, 3.8) is 0 Å². The Bertz CT molecular complexity index is 936. The van der Waals surface area contributed by atoms with Crippen LogP contribution in [0.5, 0.6) is 0 Å². The fourth-order valence-corrected chi connectivity index (χ4v) is 3.53. The molecule has 2 aliphatic heterocycles. The van der Waals surface area contributed by atoms with Crippen LogP contribution in [0.1, 0.15) is 21.5 Å². The molecule has 0 fully saturated rings. The summed E-state index contributed by atoms with van der Waals surface area (Å²) in [4.78, 5) is 26.5. The molecule has 0 spiro atoms. The second-order valence-corrected chi connectivity index (χ2v) is 6.38. The Morgan fingerprint density at radius 3 is 2.81 bits per heavy atom. The van der Waals surface area contributed by atoms with Crippen molar-refractivity contribution in [2.75, 3.05) is 29.2 Å². The first kappa shape index (κ1) is 16.2. The monoisotopic (exact) mass is 349 g/mol. The van der Waals surface area contributed by atoms with Crippen molar-refractivity contribution in [2.24, 2.45) is 0 Å². The topological polar surface area (TPSA) is 70.7 Å². The average molecular weight is 349 g/mol. The Balaban J connectivity index is 1.56. The van der Waals surface area contributed by atoms with Crippen molar-refractivity contribution < 1.29 is 14.3 Å². The Kier molecular flexibility index (Phi) is 3.88. The van der Waals surface area contributed by atoms with Gasteiger partial charge in [-0.25, -0.2) is 4.79 Å². The van der Waals surface area contributed by atoms with Crippen LogP contribution in [0, 0.1) is 0 Å². The van der Waals surface area contributed by atoms with E-state index in [9.17, 15) is 9.59 Å². The molecule has 0 aromatic heterocycles. The number of nitrogens with zero attached hydrogens (tertiary/aromatic N) is 1. The van der Waals surface area contributed by atoms with Crippen molar-refractivity contribution in [3.05, 3.63) is 65.5 Å². The number of carbonyl (C=O) groups excluding carboxylic acids is 2. The number of rotatable bonds is 3. The number of esters is 1. The summed E-state index contributed by atoms with van der Waals surface area (Å²) in [5, 5.41) is 6.26. The smallest absolute Gasteiger partial charge is 0.338 e. The number of ether oxygens (including phenoxy) is 1. The number of carbonyl (C=O) groups is 2. The molecule has 0 radical (unpaired) electrons. The van der Waals surface area contributed by atoms with Gasteiger partial charge in [-0.05, 0) is 41.8 Å². The molecule has 26 heavy (non-hydrogen) atoms. The van der Waals surface area contributed by atoms with Crippen LogP contribution in [-0.4, -0.2) is 25.5 Å². The van der Waals surface area contributed by atoms with Crippen molar-refractivity contribution in [1.29, 1.82) is 0 Å². The molecule has 1 amide bonds. The zero-order valence-corrected chi connectivity index (χ0v) is 14.5. The van der Waals surface area contributed by atoms with Gasteiger partial charge < -0.3 is 20.3 Å². The number of anilines is 3. The van der Waals surface area contributed by atoms with Crippen molar-refractivity contribution in [3.8, 4) is 0 Å². The lowest BCUT2D eigenvalue weighted by Crippen LogP contribution is -2.30. The van der Waals surface area contributed by atoms with Gasteiger partial charge in [-0.1, -0.05) is 18.7 Å². The van der Waals surface area contributed by atoms with Crippen molar-refractivity contribution >= 4 is 28.9 Å². The van der Waals surface area contributed by atoms with Gasteiger partial charge in [0, 0.05) is 12.2 Å².